The third kappa shape index (κ3) is 9.93. The Bertz CT molecular complexity index is 1090. The highest BCUT2D eigenvalue weighted by Crippen LogP contribution is 2.29. The number of nitrogens with one attached hydrogen (secondary N) is 2. The molecule has 214 valence electrons. The fraction of sp³-hybridized carbons (Fsp3) is 0.516. The van der Waals surface area contributed by atoms with Crippen LogP contribution in [0.1, 0.15) is 78.5 Å². The van der Waals surface area contributed by atoms with E-state index in [0.717, 1.165) is 12.0 Å². The molecule has 3 unspecified atom stereocenters. The number of hydrogen-bond acceptors (Lipinski definition) is 5. The number of ether oxygens (including phenoxy) is 2. The van der Waals surface area contributed by atoms with Gasteiger partial charge < -0.3 is 25.0 Å². The summed E-state index contributed by atoms with van der Waals surface area (Å²) < 4.78 is 10.6. The lowest BCUT2D eigenvalue weighted by Crippen LogP contribution is -2.54. The van der Waals surface area contributed by atoms with E-state index in [1.165, 1.54) is 0 Å². The van der Waals surface area contributed by atoms with Gasteiger partial charge in [0.15, 0.2) is 0 Å². The summed E-state index contributed by atoms with van der Waals surface area (Å²) in [6, 6.07) is 12.5. The van der Waals surface area contributed by atoms with Crippen LogP contribution in [0.5, 0.6) is 5.75 Å². The zero-order valence-corrected chi connectivity index (χ0v) is 24.8. The molecule has 3 amide bonds. The van der Waals surface area contributed by atoms with Crippen LogP contribution in [-0.2, 0) is 14.3 Å². The maximum absolute atomic E-state index is 14.0. The standard InChI is InChI=1S/C31H45N3O5/c1-20(2)10-13-22(4)34(29(36)23(5)32-30(37)39-31(6,7)8)27(24-14-11-21(3)12-15-24)28(35)33-25-16-18-26(38-9)19-17-25/h11-12,14-20,22-23,27H,10,13H2,1-9H3,(H,32,37)(H,33,35). The number of carbonyl (C=O) groups is 3. The summed E-state index contributed by atoms with van der Waals surface area (Å²) in [6.45, 7) is 15.1. The molecule has 8 nitrogen and oxygen atoms in total. The van der Waals surface area contributed by atoms with Crippen LogP contribution in [0, 0.1) is 12.8 Å². The molecule has 0 aliphatic rings. The van der Waals surface area contributed by atoms with Crippen molar-refractivity contribution in [3.05, 3.63) is 59.7 Å². The Hall–Kier alpha value is -3.55. The smallest absolute Gasteiger partial charge is 0.408 e. The van der Waals surface area contributed by atoms with Gasteiger partial charge in [-0.1, -0.05) is 43.7 Å². The molecule has 0 saturated heterocycles. The molecule has 0 spiro atoms. The van der Waals surface area contributed by atoms with Crippen molar-refractivity contribution in [1.82, 2.24) is 10.2 Å². The Morgan fingerprint density at radius 2 is 1.49 bits per heavy atom. The molecule has 2 aromatic carbocycles. The summed E-state index contributed by atoms with van der Waals surface area (Å²) in [7, 11) is 1.58. The molecule has 0 fully saturated rings. The largest absolute Gasteiger partial charge is 0.497 e. The monoisotopic (exact) mass is 539 g/mol. The number of aryl methyl sites for hydroxylation is 1. The SMILES string of the molecule is COc1ccc(NC(=O)C(c2ccc(C)cc2)N(C(=O)C(C)NC(=O)OC(C)(C)C)C(C)CCC(C)C)cc1. The van der Waals surface area contributed by atoms with E-state index < -0.39 is 23.8 Å². The van der Waals surface area contributed by atoms with E-state index in [1.807, 2.05) is 38.1 Å². The average Bonchev–Trinajstić information content (AvgIpc) is 2.85. The molecule has 39 heavy (non-hydrogen) atoms. The quantitative estimate of drug-likeness (QED) is 0.352. The van der Waals surface area contributed by atoms with Crippen LogP contribution in [0.4, 0.5) is 10.5 Å². The van der Waals surface area contributed by atoms with Gasteiger partial charge in [-0.3, -0.25) is 9.59 Å². The van der Waals surface area contributed by atoms with Gasteiger partial charge in [0.25, 0.3) is 5.91 Å². The number of carbonyl (C=O) groups excluding carboxylic acids is 3. The Labute approximate surface area is 233 Å². The molecule has 3 atom stereocenters. The lowest BCUT2D eigenvalue weighted by Gasteiger charge is -2.38. The minimum Gasteiger partial charge on any atom is -0.497 e. The van der Waals surface area contributed by atoms with Gasteiger partial charge in [-0.25, -0.2) is 4.79 Å². The molecular formula is C31H45N3O5. The normalized spacial score (nSPS) is 13.7. The number of methoxy groups -OCH3 is 1. The summed E-state index contributed by atoms with van der Waals surface area (Å²) in [4.78, 5) is 42.0. The Morgan fingerprint density at radius 1 is 0.897 bits per heavy atom. The number of benzene rings is 2. The Balaban J connectivity index is 2.49. The van der Waals surface area contributed by atoms with Crippen molar-refractivity contribution in [2.45, 2.75) is 92.0 Å². The third-order valence-corrected chi connectivity index (χ3v) is 6.27. The molecule has 0 radical (unpaired) electrons. The topological polar surface area (TPSA) is 97.0 Å². The van der Waals surface area contributed by atoms with Crippen LogP contribution in [0.2, 0.25) is 0 Å². The number of hydrogen-bond donors (Lipinski definition) is 2. The predicted molar refractivity (Wildman–Crippen MR) is 155 cm³/mol. The zero-order chi connectivity index (χ0) is 29.3. The highest BCUT2D eigenvalue weighted by Gasteiger charge is 2.37. The van der Waals surface area contributed by atoms with Crippen LogP contribution in [0.3, 0.4) is 0 Å². The first-order valence-corrected chi connectivity index (χ1v) is 13.5. The van der Waals surface area contributed by atoms with Crippen LogP contribution < -0.4 is 15.4 Å². The molecular weight excluding hydrogens is 494 g/mol. The molecule has 0 aliphatic carbocycles. The lowest BCUT2D eigenvalue weighted by atomic mass is 9.96. The first-order chi connectivity index (χ1) is 18.2. The number of rotatable bonds is 11. The summed E-state index contributed by atoms with van der Waals surface area (Å²) in [5.74, 6) is 0.378. The lowest BCUT2D eigenvalue weighted by molar-refractivity contribution is -0.143. The van der Waals surface area contributed by atoms with E-state index in [9.17, 15) is 14.4 Å². The van der Waals surface area contributed by atoms with Crippen LogP contribution >= 0.6 is 0 Å². The Morgan fingerprint density at radius 3 is 2.00 bits per heavy atom. The highest BCUT2D eigenvalue weighted by molar-refractivity contribution is 5.99. The van der Waals surface area contributed by atoms with Crippen molar-refractivity contribution in [3.63, 3.8) is 0 Å². The fourth-order valence-electron chi connectivity index (χ4n) is 4.15. The molecule has 8 heteroatoms. The van der Waals surface area contributed by atoms with E-state index in [0.29, 0.717) is 29.3 Å². The van der Waals surface area contributed by atoms with E-state index in [2.05, 4.69) is 24.5 Å². The molecule has 0 aliphatic heterocycles. The van der Waals surface area contributed by atoms with Crippen LogP contribution in [0.25, 0.3) is 0 Å². The number of anilines is 1. The number of alkyl carbamates (subject to hydrolysis) is 1. The van der Waals surface area contributed by atoms with E-state index in [1.54, 1.807) is 64.0 Å². The van der Waals surface area contributed by atoms with Crippen molar-refractivity contribution < 1.29 is 23.9 Å². The Kier molecular flexibility index (Phi) is 11.4. The molecule has 0 bridgehead atoms. The van der Waals surface area contributed by atoms with Gasteiger partial charge in [-0.15, -0.1) is 0 Å². The van der Waals surface area contributed by atoms with Crippen molar-refractivity contribution in [3.8, 4) is 5.75 Å². The molecule has 2 rings (SSSR count). The first kappa shape index (κ1) is 31.7. The number of nitrogens with zero attached hydrogens (tertiary/aromatic N) is 1. The maximum Gasteiger partial charge on any atom is 0.408 e. The summed E-state index contributed by atoms with van der Waals surface area (Å²) >= 11 is 0. The second-order valence-corrected chi connectivity index (χ2v) is 11.5. The second-order valence-electron chi connectivity index (χ2n) is 11.5. The van der Waals surface area contributed by atoms with Gasteiger partial charge in [-0.05, 0) is 90.1 Å². The summed E-state index contributed by atoms with van der Waals surface area (Å²) in [5, 5.41) is 5.63. The number of amides is 3. The highest BCUT2D eigenvalue weighted by atomic mass is 16.6. The van der Waals surface area contributed by atoms with Gasteiger partial charge in [0.05, 0.1) is 7.11 Å². The van der Waals surface area contributed by atoms with Crippen molar-refractivity contribution in [2.24, 2.45) is 5.92 Å². The molecule has 2 N–H and O–H groups in total. The third-order valence-electron chi connectivity index (χ3n) is 6.27. The average molecular weight is 540 g/mol. The molecule has 2 aromatic rings. The van der Waals surface area contributed by atoms with Gasteiger partial charge >= 0.3 is 6.09 Å². The predicted octanol–water partition coefficient (Wildman–Crippen LogP) is 6.25. The minimum atomic E-state index is -0.926. The fourth-order valence-corrected chi connectivity index (χ4v) is 4.15. The maximum atomic E-state index is 14.0. The molecule has 0 aromatic heterocycles. The summed E-state index contributed by atoms with van der Waals surface area (Å²) in [6.07, 6.45) is 0.882. The minimum absolute atomic E-state index is 0.282. The van der Waals surface area contributed by atoms with E-state index in [-0.39, 0.29) is 17.9 Å². The molecule has 0 heterocycles. The van der Waals surface area contributed by atoms with Crippen LogP contribution in [0.15, 0.2) is 48.5 Å². The second kappa shape index (κ2) is 14.0. The molecule has 0 saturated carbocycles. The van der Waals surface area contributed by atoms with E-state index in [4.69, 9.17) is 9.47 Å². The summed E-state index contributed by atoms with van der Waals surface area (Å²) in [5.41, 5.74) is 1.60. The van der Waals surface area contributed by atoms with Crippen molar-refractivity contribution >= 4 is 23.6 Å². The van der Waals surface area contributed by atoms with Gasteiger partial charge in [-0.2, -0.15) is 0 Å². The van der Waals surface area contributed by atoms with Gasteiger partial charge in [0.1, 0.15) is 23.4 Å². The first-order valence-electron chi connectivity index (χ1n) is 13.5. The van der Waals surface area contributed by atoms with Gasteiger partial charge in [0.2, 0.25) is 5.91 Å². The van der Waals surface area contributed by atoms with E-state index >= 15 is 0 Å². The zero-order valence-electron chi connectivity index (χ0n) is 24.8. The van der Waals surface area contributed by atoms with Crippen molar-refractivity contribution in [2.75, 3.05) is 12.4 Å². The van der Waals surface area contributed by atoms with Crippen molar-refractivity contribution in [1.29, 1.82) is 0 Å². The van der Waals surface area contributed by atoms with Crippen LogP contribution in [-0.4, -0.2) is 47.6 Å². The van der Waals surface area contributed by atoms with Gasteiger partial charge in [0, 0.05) is 11.7 Å².